The van der Waals surface area contributed by atoms with E-state index in [4.69, 9.17) is 16.7 Å². The molecule has 0 aromatic carbocycles. The van der Waals surface area contributed by atoms with Crippen LogP contribution in [0.2, 0.25) is 5.15 Å². The molecule has 90 valence electrons. The Kier molecular flexibility index (Phi) is 2.36. The van der Waals surface area contributed by atoms with Crippen molar-refractivity contribution in [2.24, 2.45) is 0 Å². The van der Waals surface area contributed by atoms with Crippen LogP contribution in [-0.4, -0.2) is 36.8 Å². The maximum Gasteiger partial charge on any atom is 0.154 e. The zero-order valence-corrected chi connectivity index (χ0v) is 9.80. The molecule has 17 heavy (non-hydrogen) atoms. The number of aliphatic hydroxyl groups is 2. The van der Waals surface area contributed by atoms with Crippen LogP contribution in [0.4, 0.5) is 0 Å². The smallest absolute Gasteiger partial charge is 0.154 e. The van der Waals surface area contributed by atoms with E-state index in [1.165, 1.54) is 0 Å². The van der Waals surface area contributed by atoms with Gasteiger partial charge in [-0.3, -0.25) is 4.40 Å². The van der Waals surface area contributed by atoms with E-state index < -0.39 is 5.60 Å². The summed E-state index contributed by atoms with van der Waals surface area (Å²) in [5.41, 5.74) is -0.170. The molecule has 5 nitrogen and oxygen atoms in total. The second-order valence-corrected chi connectivity index (χ2v) is 4.94. The molecule has 6 heteroatoms. The third-order valence-electron chi connectivity index (χ3n) is 3.35. The molecule has 2 aromatic rings. The third kappa shape index (κ3) is 1.62. The number of imidazole rings is 1. The highest BCUT2D eigenvalue weighted by molar-refractivity contribution is 6.32. The second-order valence-electron chi connectivity index (χ2n) is 4.58. The van der Waals surface area contributed by atoms with E-state index in [0.717, 1.165) is 11.3 Å². The van der Waals surface area contributed by atoms with Gasteiger partial charge in [-0.15, -0.1) is 0 Å². The highest BCUT2D eigenvalue weighted by atomic mass is 35.5. The minimum absolute atomic E-state index is 0.160. The molecule has 3 rings (SSSR count). The van der Waals surface area contributed by atoms with Crippen LogP contribution in [0.3, 0.4) is 0 Å². The lowest BCUT2D eigenvalue weighted by molar-refractivity contribution is -0.0882. The first kappa shape index (κ1) is 11.0. The van der Waals surface area contributed by atoms with Crippen LogP contribution in [0.25, 0.3) is 5.52 Å². The minimum Gasteiger partial charge on any atom is -0.393 e. The van der Waals surface area contributed by atoms with E-state index in [1.54, 1.807) is 18.6 Å². The van der Waals surface area contributed by atoms with Crippen LogP contribution in [0.5, 0.6) is 0 Å². The number of aromatic nitrogens is 3. The lowest BCUT2D eigenvalue weighted by Crippen LogP contribution is -2.46. The number of fused-ring (bicyclic) bond motifs is 1. The molecular weight excluding hydrogens is 242 g/mol. The Balaban J connectivity index is 1.96. The molecule has 0 amide bonds. The average molecular weight is 254 g/mol. The van der Waals surface area contributed by atoms with Crippen molar-refractivity contribution < 1.29 is 10.2 Å². The van der Waals surface area contributed by atoms with Gasteiger partial charge >= 0.3 is 0 Å². The fourth-order valence-electron chi connectivity index (χ4n) is 2.39. The lowest BCUT2D eigenvalue weighted by Gasteiger charge is -2.41. The summed E-state index contributed by atoms with van der Waals surface area (Å²) >= 11 is 5.96. The first-order chi connectivity index (χ1) is 8.13. The normalized spacial score (nSPS) is 28.3. The Morgan fingerprint density at radius 3 is 2.94 bits per heavy atom. The Morgan fingerprint density at radius 1 is 1.47 bits per heavy atom. The van der Waals surface area contributed by atoms with Crippen molar-refractivity contribution in [3.05, 3.63) is 29.6 Å². The molecule has 0 unspecified atom stereocenters. The van der Waals surface area contributed by atoms with Gasteiger partial charge in [0.15, 0.2) is 5.15 Å². The summed E-state index contributed by atoms with van der Waals surface area (Å²) in [4.78, 5) is 8.31. The Labute approximate surface area is 103 Å². The van der Waals surface area contributed by atoms with Crippen molar-refractivity contribution in [1.29, 1.82) is 0 Å². The van der Waals surface area contributed by atoms with Crippen molar-refractivity contribution in [3.63, 3.8) is 0 Å². The van der Waals surface area contributed by atoms with Crippen molar-refractivity contribution >= 4 is 17.1 Å². The molecule has 0 aliphatic heterocycles. The topological polar surface area (TPSA) is 70.7 Å². The van der Waals surface area contributed by atoms with Crippen LogP contribution >= 0.6 is 11.6 Å². The molecule has 1 fully saturated rings. The molecule has 1 aliphatic rings. The highest BCUT2D eigenvalue weighted by Gasteiger charge is 2.44. The summed E-state index contributed by atoms with van der Waals surface area (Å²) in [6.45, 7) is -0.199. The molecule has 0 bridgehead atoms. The van der Waals surface area contributed by atoms with Gasteiger partial charge in [-0.05, 0) is 12.8 Å². The van der Waals surface area contributed by atoms with Crippen LogP contribution in [0, 0.1) is 0 Å². The Hall–Kier alpha value is -1.17. The minimum atomic E-state index is -0.937. The Morgan fingerprint density at radius 2 is 2.24 bits per heavy atom. The molecular formula is C11H12ClN3O2. The van der Waals surface area contributed by atoms with Crippen molar-refractivity contribution in [1.82, 2.24) is 14.4 Å². The monoisotopic (exact) mass is 253 g/mol. The van der Waals surface area contributed by atoms with Gasteiger partial charge in [-0.2, -0.15) is 0 Å². The Bertz CT molecular complexity index is 563. The zero-order valence-electron chi connectivity index (χ0n) is 9.04. The number of rotatable bonds is 2. The summed E-state index contributed by atoms with van der Waals surface area (Å²) < 4.78 is 1.89. The van der Waals surface area contributed by atoms with Crippen molar-refractivity contribution in [2.75, 3.05) is 6.61 Å². The lowest BCUT2D eigenvalue weighted by atomic mass is 9.71. The number of hydrogen-bond donors (Lipinski definition) is 2. The number of halogens is 1. The van der Waals surface area contributed by atoms with Gasteiger partial charge in [-0.25, -0.2) is 9.97 Å². The number of nitrogens with zero attached hydrogens (tertiary/aromatic N) is 3. The standard InChI is InChI=1S/C11H12ClN3O2/c12-9-8-5-14-10(15(8)2-1-13-9)7-3-11(17,4-7)6-16/h1-2,5,7,16-17H,3-4,6H2. The molecule has 2 aromatic heterocycles. The third-order valence-corrected chi connectivity index (χ3v) is 3.64. The SMILES string of the molecule is OCC1(O)CC(c2ncc3c(Cl)nccn23)C1. The molecule has 0 atom stereocenters. The van der Waals surface area contributed by atoms with Crippen LogP contribution in [0.15, 0.2) is 18.6 Å². The van der Waals surface area contributed by atoms with E-state index >= 15 is 0 Å². The van der Waals surface area contributed by atoms with Crippen molar-refractivity contribution in [3.8, 4) is 0 Å². The quantitative estimate of drug-likeness (QED) is 0.837. The number of aliphatic hydroxyl groups excluding tert-OH is 1. The summed E-state index contributed by atoms with van der Waals surface area (Å²) in [7, 11) is 0. The predicted molar refractivity (Wildman–Crippen MR) is 62.0 cm³/mol. The van der Waals surface area contributed by atoms with Gasteiger partial charge in [0.2, 0.25) is 0 Å². The predicted octanol–water partition coefficient (Wildman–Crippen LogP) is 0.984. The molecule has 0 radical (unpaired) electrons. The summed E-state index contributed by atoms with van der Waals surface area (Å²) in [5, 5.41) is 19.2. The molecule has 0 spiro atoms. The fourth-order valence-corrected chi connectivity index (χ4v) is 2.58. The maximum absolute atomic E-state index is 9.79. The van der Waals surface area contributed by atoms with Gasteiger partial charge in [0, 0.05) is 18.3 Å². The summed E-state index contributed by atoms with van der Waals surface area (Å²) in [6.07, 6.45) is 6.17. The first-order valence-electron chi connectivity index (χ1n) is 5.44. The van der Waals surface area contributed by atoms with Crippen LogP contribution in [-0.2, 0) is 0 Å². The molecule has 1 saturated carbocycles. The summed E-state index contributed by atoms with van der Waals surface area (Å²) in [5.74, 6) is 1.02. The van der Waals surface area contributed by atoms with E-state index in [-0.39, 0.29) is 12.5 Å². The van der Waals surface area contributed by atoms with Crippen molar-refractivity contribution in [2.45, 2.75) is 24.4 Å². The largest absolute Gasteiger partial charge is 0.393 e. The van der Waals surface area contributed by atoms with Crippen LogP contribution in [0.1, 0.15) is 24.6 Å². The van der Waals surface area contributed by atoms with E-state index in [2.05, 4.69) is 9.97 Å². The zero-order chi connectivity index (χ0) is 12.0. The first-order valence-corrected chi connectivity index (χ1v) is 5.81. The van der Waals surface area contributed by atoms with Gasteiger partial charge in [0.1, 0.15) is 11.3 Å². The highest BCUT2D eigenvalue weighted by Crippen LogP contribution is 2.44. The fraction of sp³-hybridized carbons (Fsp3) is 0.455. The van der Waals surface area contributed by atoms with Crippen LogP contribution < -0.4 is 0 Å². The number of hydrogen-bond acceptors (Lipinski definition) is 4. The molecule has 2 N–H and O–H groups in total. The van der Waals surface area contributed by atoms with Gasteiger partial charge < -0.3 is 10.2 Å². The van der Waals surface area contributed by atoms with Gasteiger partial charge in [0.05, 0.1) is 18.4 Å². The van der Waals surface area contributed by atoms with E-state index in [0.29, 0.717) is 18.0 Å². The maximum atomic E-state index is 9.79. The average Bonchev–Trinajstić information content (AvgIpc) is 2.70. The van der Waals surface area contributed by atoms with Gasteiger partial charge in [-0.1, -0.05) is 11.6 Å². The van der Waals surface area contributed by atoms with E-state index in [1.807, 2.05) is 4.40 Å². The van der Waals surface area contributed by atoms with E-state index in [9.17, 15) is 5.11 Å². The van der Waals surface area contributed by atoms with Gasteiger partial charge in [0.25, 0.3) is 0 Å². The molecule has 2 heterocycles. The summed E-state index contributed by atoms with van der Waals surface area (Å²) in [6, 6.07) is 0. The molecule has 1 aliphatic carbocycles. The molecule has 0 saturated heterocycles. The second kappa shape index (κ2) is 3.66.